The van der Waals surface area contributed by atoms with Crippen LogP contribution in [0, 0.1) is 11.7 Å². The molecule has 0 radical (unpaired) electrons. The molecule has 0 spiro atoms. The zero-order valence-electron chi connectivity index (χ0n) is 22.3. The molecule has 1 saturated heterocycles. The molecule has 2 aliphatic rings. The number of sulfonamides is 1. The van der Waals surface area contributed by atoms with Crippen LogP contribution < -0.4 is 15.3 Å². The zero-order chi connectivity index (χ0) is 27.7. The minimum Gasteiger partial charge on any atom is -0.333 e. The van der Waals surface area contributed by atoms with Gasteiger partial charge in [-0.25, -0.2) is 12.8 Å². The first-order valence-electron chi connectivity index (χ1n) is 13.2. The monoisotopic (exact) mass is 548 g/mol. The Kier molecular flexibility index (Phi) is 7.55. The fraction of sp³-hybridized carbons (Fsp3) is 0.333. The Labute approximate surface area is 228 Å². The number of pyridine rings is 1. The summed E-state index contributed by atoms with van der Waals surface area (Å²) in [5.41, 5.74) is 1.94. The van der Waals surface area contributed by atoms with Crippen molar-refractivity contribution in [2.24, 2.45) is 5.92 Å². The average Bonchev–Trinajstić information content (AvgIpc) is 2.92. The van der Waals surface area contributed by atoms with Gasteiger partial charge in [-0.05, 0) is 79.4 Å². The number of fused-ring (bicyclic) bond motifs is 1. The molecule has 2 aromatic carbocycles. The van der Waals surface area contributed by atoms with E-state index in [-0.39, 0.29) is 34.6 Å². The quantitative estimate of drug-likeness (QED) is 0.510. The molecule has 9 heteroatoms. The molecule has 1 amide bonds. The summed E-state index contributed by atoms with van der Waals surface area (Å²) in [5, 5.41) is 1.30. The Morgan fingerprint density at radius 3 is 2.46 bits per heavy atom. The van der Waals surface area contributed by atoms with Crippen molar-refractivity contribution < 1.29 is 17.6 Å². The van der Waals surface area contributed by atoms with E-state index in [4.69, 9.17) is 0 Å². The van der Waals surface area contributed by atoms with Gasteiger partial charge in [0.1, 0.15) is 5.82 Å². The second kappa shape index (κ2) is 10.9. The standard InChI is InChI=1S/C30H33FN4O3S/c1-20-17-25-5-4-14-32-29(25)28(18-20)39(37,38)33-27-12-8-24(9-13-27)30(36)35-16-15-34(19-21(35)2)22(3)23-6-10-26(31)11-7-23/h4-14,17,20-22,33H,15-16,18-19H2,1-3H3/t20?,21-,22?/m0/s1. The molecule has 1 fully saturated rings. The molecule has 2 unspecified atom stereocenters. The smallest absolute Gasteiger partial charge is 0.260 e. The van der Waals surface area contributed by atoms with E-state index in [0.29, 0.717) is 42.7 Å². The molecule has 0 saturated carbocycles. The number of piperazine rings is 1. The lowest BCUT2D eigenvalue weighted by Gasteiger charge is -2.42. The molecule has 1 N–H and O–H groups in total. The molecular formula is C30H33FN4O3S. The van der Waals surface area contributed by atoms with Gasteiger partial charge < -0.3 is 4.90 Å². The van der Waals surface area contributed by atoms with Crippen LogP contribution in [-0.2, 0) is 10.0 Å². The molecule has 3 atom stereocenters. The van der Waals surface area contributed by atoms with E-state index in [0.717, 1.165) is 10.8 Å². The fourth-order valence-corrected chi connectivity index (χ4v) is 6.91. The van der Waals surface area contributed by atoms with Gasteiger partial charge in [-0.2, -0.15) is 0 Å². The average molecular weight is 549 g/mol. The lowest BCUT2D eigenvalue weighted by molar-refractivity contribution is 0.0406. The molecule has 1 aromatic heterocycles. The molecule has 7 nitrogen and oxygen atoms in total. The predicted molar refractivity (Wildman–Crippen MR) is 151 cm³/mol. The largest absolute Gasteiger partial charge is 0.333 e. The minimum absolute atomic E-state index is 0.0126. The van der Waals surface area contributed by atoms with Crippen LogP contribution in [0.5, 0.6) is 0 Å². The summed E-state index contributed by atoms with van der Waals surface area (Å²) in [5.74, 6) is -0.263. The van der Waals surface area contributed by atoms with Crippen LogP contribution in [-0.4, -0.2) is 54.8 Å². The van der Waals surface area contributed by atoms with E-state index in [1.165, 1.54) is 12.1 Å². The SMILES string of the molecule is CC1C=c2cccnc2=C(S(=O)(=O)Nc2ccc(C(=O)N3CCN(C(C)c4ccc(F)cc4)C[C@@H]3C)cc2)C1. The third kappa shape index (κ3) is 5.74. The van der Waals surface area contributed by atoms with E-state index < -0.39 is 10.0 Å². The Morgan fingerprint density at radius 2 is 1.77 bits per heavy atom. The van der Waals surface area contributed by atoms with Crippen LogP contribution >= 0.6 is 0 Å². The normalized spacial score (nSPS) is 20.6. The third-order valence-corrected chi connectivity index (χ3v) is 9.12. The van der Waals surface area contributed by atoms with Crippen molar-refractivity contribution in [3.8, 4) is 0 Å². The summed E-state index contributed by atoms with van der Waals surface area (Å²) < 4.78 is 42.5. The Balaban J connectivity index is 1.26. The summed E-state index contributed by atoms with van der Waals surface area (Å²) in [4.78, 5) is 22.1. The Morgan fingerprint density at radius 1 is 1.05 bits per heavy atom. The number of carbonyl (C=O) groups is 1. The van der Waals surface area contributed by atoms with Crippen LogP contribution in [0.4, 0.5) is 10.1 Å². The summed E-state index contributed by atoms with van der Waals surface area (Å²) >= 11 is 0. The van der Waals surface area contributed by atoms with Crippen molar-refractivity contribution in [3.63, 3.8) is 0 Å². The van der Waals surface area contributed by atoms with Gasteiger partial charge in [0.25, 0.3) is 15.9 Å². The summed E-state index contributed by atoms with van der Waals surface area (Å²) in [7, 11) is -3.82. The zero-order valence-corrected chi connectivity index (χ0v) is 23.2. The fourth-order valence-electron chi connectivity index (χ4n) is 5.43. The number of carbonyl (C=O) groups excluding carboxylic acids is 1. The van der Waals surface area contributed by atoms with Gasteiger partial charge in [0.15, 0.2) is 0 Å². The molecule has 39 heavy (non-hydrogen) atoms. The molecule has 5 rings (SSSR count). The molecule has 3 aromatic rings. The summed E-state index contributed by atoms with van der Waals surface area (Å²) in [6.07, 6.45) is 4.01. The van der Waals surface area contributed by atoms with E-state index in [1.807, 2.05) is 30.9 Å². The number of rotatable bonds is 6. The highest BCUT2D eigenvalue weighted by Crippen LogP contribution is 2.26. The number of benzene rings is 2. The number of amides is 1. The highest BCUT2D eigenvalue weighted by molar-refractivity contribution is 8.01. The van der Waals surface area contributed by atoms with Crippen molar-refractivity contribution in [2.45, 2.75) is 39.3 Å². The maximum atomic E-state index is 13.3. The van der Waals surface area contributed by atoms with Gasteiger partial charge in [-0.1, -0.05) is 31.2 Å². The molecule has 1 aliphatic heterocycles. The van der Waals surface area contributed by atoms with E-state index in [2.05, 4.69) is 21.5 Å². The molecular weight excluding hydrogens is 515 g/mol. The third-order valence-electron chi connectivity index (χ3n) is 7.60. The predicted octanol–water partition coefficient (Wildman–Crippen LogP) is 3.50. The first-order chi connectivity index (χ1) is 18.6. The van der Waals surface area contributed by atoms with Crippen LogP contribution in [0.3, 0.4) is 0 Å². The molecule has 1 aliphatic carbocycles. The van der Waals surface area contributed by atoms with Crippen molar-refractivity contribution in [1.29, 1.82) is 0 Å². The number of anilines is 1. The molecule has 0 bridgehead atoms. The second-order valence-electron chi connectivity index (χ2n) is 10.5. The van der Waals surface area contributed by atoms with Crippen molar-refractivity contribution in [2.75, 3.05) is 24.4 Å². The van der Waals surface area contributed by atoms with Gasteiger partial charge >= 0.3 is 0 Å². The van der Waals surface area contributed by atoms with E-state index >= 15 is 0 Å². The van der Waals surface area contributed by atoms with Gasteiger partial charge in [0.05, 0.1) is 10.3 Å². The van der Waals surface area contributed by atoms with E-state index in [9.17, 15) is 17.6 Å². The van der Waals surface area contributed by atoms with Gasteiger partial charge in [-0.3, -0.25) is 19.4 Å². The maximum absolute atomic E-state index is 13.3. The number of hydrogen-bond acceptors (Lipinski definition) is 5. The first-order valence-corrected chi connectivity index (χ1v) is 14.7. The highest BCUT2D eigenvalue weighted by Gasteiger charge is 2.31. The first kappa shape index (κ1) is 27.0. The summed E-state index contributed by atoms with van der Waals surface area (Å²) in [6.45, 7) is 8.07. The van der Waals surface area contributed by atoms with Crippen LogP contribution in [0.25, 0.3) is 11.0 Å². The minimum atomic E-state index is -3.82. The number of halogens is 1. The number of aromatic nitrogens is 1. The Hall–Kier alpha value is -3.56. The highest BCUT2D eigenvalue weighted by atomic mass is 32.2. The molecule has 2 heterocycles. The van der Waals surface area contributed by atoms with Crippen molar-refractivity contribution in [1.82, 2.24) is 14.8 Å². The summed E-state index contributed by atoms with van der Waals surface area (Å²) in [6, 6.07) is 16.9. The van der Waals surface area contributed by atoms with Crippen molar-refractivity contribution >= 4 is 32.6 Å². The van der Waals surface area contributed by atoms with Gasteiger partial charge in [-0.15, -0.1) is 0 Å². The lowest BCUT2D eigenvalue weighted by Crippen LogP contribution is -2.54. The Bertz CT molecular complexity index is 1590. The maximum Gasteiger partial charge on any atom is 0.260 e. The van der Waals surface area contributed by atoms with E-state index in [1.54, 1.807) is 48.7 Å². The second-order valence-corrected chi connectivity index (χ2v) is 12.2. The van der Waals surface area contributed by atoms with Crippen molar-refractivity contribution in [3.05, 3.63) is 94.4 Å². The number of nitrogens with zero attached hydrogens (tertiary/aromatic N) is 3. The number of nitrogens with one attached hydrogen (secondary N) is 1. The topological polar surface area (TPSA) is 82.6 Å². The number of hydrogen-bond donors (Lipinski definition) is 1. The van der Waals surface area contributed by atoms with Gasteiger partial charge in [0, 0.05) is 49.2 Å². The van der Waals surface area contributed by atoms with Gasteiger partial charge in [0.2, 0.25) is 0 Å². The van der Waals surface area contributed by atoms with Crippen LogP contribution in [0.1, 0.15) is 49.2 Å². The molecule has 204 valence electrons. The van der Waals surface area contributed by atoms with Crippen LogP contribution in [0.15, 0.2) is 66.9 Å². The lowest BCUT2D eigenvalue weighted by atomic mass is 10.0. The van der Waals surface area contributed by atoms with Crippen LogP contribution in [0.2, 0.25) is 0 Å².